The van der Waals surface area contributed by atoms with E-state index in [1.54, 1.807) is 12.3 Å². The van der Waals surface area contributed by atoms with Crippen LogP contribution in [0.3, 0.4) is 0 Å². The first kappa shape index (κ1) is 28.3. The van der Waals surface area contributed by atoms with Crippen LogP contribution in [-0.2, 0) is 16.1 Å². The van der Waals surface area contributed by atoms with Crippen molar-refractivity contribution >= 4 is 17.5 Å². The van der Waals surface area contributed by atoms with Crippen LogP contribution in [0.1, 0.15) is 65.4 Å². The van der Waals surface area contributed by atoms with Crippen LogP contribution in [0.5, 0.6) is 5.88 Å². The molecule has 42 heavy (non-hydrogen) atoms. The fourth-order valence-electron chi connectivity index (χ4n) is 6.35. The van der Waals surface area contributed by atoms with Gasteiger partial charge in [-0.1, -0.05) is 30.3 Å². The van der Waals surface area contributed by atoms with E-state index in [0.29, 0.717) is 31.9 Å². The quantitative estimate of drug-likeness (QED) is 0.240. The number of nitrogens with zero attached hydrogens (tertiary/aromatic N) is 2. The number of carbonyl (C=O) groups is 2. The Morgan fingerprint density at radius 1 is 1.12 bits per heavy atom. The van der Waals surface area contributed by atoms with Gasteiger partial charge in [0.1, 0.15) is 18.2 Å². The molecule has 2 bridgehead atoms. The van der Waals surface area contributed by atoms with Gasteiger partial charge in [-0.3, -0.25) is 9.59 Å². The number of alkyl halides is 3. The lowest BCUT2D eigenvalue weighted by Crippen LogP contribution is -2.70. The average molecular weight is 584 g/mol. The number of rotatable bonds is 8. The lowest BCUT2D eigenvalue weighted by Gasteiger charge is -2.69. The van der Waals surface area contributed by atoms with Gasteiger partial charge in [0, 0.05) is 30.2 Å². The third-order valence-corrected chi connectivity index (χ3v) is 8.77. The van der Waals surface area contributed by atoms with Crippen LogP contribution in [-0.4, -0.2) is 34.4 Å². The molecule has 0 spiro atoms. The topological polar surface area (TPSA) is 90.4 Å². The molecule has 4 aliphatic rings. The average Bonchev–Trinajstić information content (AvgIpc) is 2.92. The van der Waals surface area contributed by atoms with E-state index in [2.05, 4.69) is 15.3 Å². The fourth-order valence-corrected chi connectivity index (χ4v) is 6.35. The standard InChI is InChI=1S/C31H29F4N3O4/c1-18-23(32)12-22(26(39)29-15-30(16-29,17-29)31(33,34)35)27(37-18)38-28(40)20-9-10-41-24(11-20)21-7-8-25(36-13-21)42-14-19-5-3-2-4-6-19/h2-8,12-13,20,24H,9-11,14-17H2,1H3,(H,37,38,40)/t20-,24+,29?,30?/m0/s1. The first-order valence-corrected chi connectivity index (χ1v) is 13.8. The number of hydrogen-bond donors (Lipinski definition) is 1. The van der Waals surface area contributed by atoms with Crippen LogP contribution >= 0.6 is 0 Å². The summed E-state index contributed by atoms with van der Waals surface area (Å²) >= 11 is 0. The summed E-state index contributed by atoms with van der Waals surface area (Å²) in [6.45, 7) is 2.07. The molecule has 3 aromatic rings. The maximum Gasteiger partial charge on any atom is 0.394 e. The van der Waals surface area contributed by atoms with Crippen molar-refractivity contribution < 1.29 is 36.6 Å². The molecule has 220 valence electrons. The van der Waals surface area contributed by atoms with E-state index in [0.717, 1.165) is 17.2 Å². The second kappa shape index (κ2) is 10.4. The van der Waals surface area contributed by atoms with Gasteiger partial charge in [-0.15, -0.1) is 0 Å². The highest BCUT2D eigenvalue weighted by Crippen LogP contribution is 2.79. The van der Waals surface area contributed by atoms with Gasteiger partial charge in [-0.05, 0) is 62.3 Å². The number of aromatic nitrogens is 2. The van der Waals surface area contributed by atoms with E-state index >= 15 is 0 Å². The van der Waals surface area contributed by atoms with Crippen LogP contribution in [0.4, 0.5) is 23.4 Å². The SMILES string of the molecule is Cc1nc(NC(=O)[C@H]2CCO[C@@H](c3ccc(OCc4ccccc4)nc3)C2)c(C(=O)C23CC(C(F)(F)F)(C2)C3)cc1F. The first-order chi connectivity index (χ1) is 20.0. The van der Waals surface area contributed by atoms with Gasteiger partial charge in [0.25, 0.3) is 0 Å². The van der Waals surface area contributed by atoms with Crippen LogP contribution < -0.4 is 10.1 Å². The molecular weight excluding hydrogens is 554 g/mol. The van der Waals surface area contributed by atoms with Crippen molar-refractivity contribution in [3.8, 4) is 5.88 Å². The fraction of sp³-hybridized carbons (Fsp3) is 0.419. The molecule has 0 radical (unpaired) electrons. The Bertz CT molecular complexity index is 1490. The summed E-state index contributed by atoms with van der Waals surface area (Å²) in [5.74, 6) is -1.97. The van der Waals surface area contributed by atoms with E-state index in [4.69, 9.17) is 9.47 Å². The number of ether oxygens (including phenoxy) is 2. The van der Waals surface area contributed by atoms with Crippen molar-refractivity contribution in [2.75, 3.05) is 11.9 Å². The number of amides is 1. The zero-order valence-corrected chi connectivity index (χ0v) is 22.8. The highest BCUT2D eigenvalue weighted by atomic mass is 19.4. The summed E-state index contributed by atoms with van der Waals surface area (Å²) in [4.78, 5) is 35.1. The smallest absolute Gasteiger partial charge is 0.394 e. The van der Waals surface area contributed by atoms with Gasteiger partial charge in [0.2, 0.25) is 11.8 Å². The molecule has 3 saturated carbocycles. The van der Waals surface area contributed by atoms with Crippen molar-refractivity contribution in [1.29, 1.82) is 0 Å². The molecule has 7 nitrogen and oxygen atoms in total. The van der Waals surface area contributed by atoms with Gasteiger partial charge in [0.05, 0.1) is 22.8 Å². The van der Waals surface area contributed by atoms with Crippen molar-refractivity contribution in [3.63, 3.8) is 0 Å². The van der Waals surface area contributed by atoms with Crippen LogP contribution in [0.2, 0.25) is 0 Å². The van der Waals surface area contributed by atoms with Crippen molar-refractivity contribution in [2.45, 2.75) is 57.9 Å². The molecule has 3 heterocycles. The minimum atomic E-state index is -4.38. The van der Waals surface area contributed by atoms with Crippen LogP contribution in [0, 0.1) is 29.5 Å². The molecule has 1 aromatic carbocycles. The molecule has 1 aliphatic heterocycles. The Morgan fingerprint density at radius 2 is 1.86 bits per heavy atom. The Hall–Kier alpha value is -3.86. The summed E-state index contributed by atoms with van der Waals surface area (Å²) in [5, 5.41) is 2.67. The Morgan fingerprint density at radius 3 is 2.52 bits per heavy atom. The number of benzene rings is 1. The van der Waals surface area contributed by atoms with E-state index in [1.165, 1.54) is 6.92 Å². The molecule has 0 unspecified atom stereocenters. The zero-order valence-electron chi connectivity index (χ0n) is 22.8. The van der Waals surface area contributed by atoms with Crippen molar-refractivity contribution in [2.24, 2.45) is 16.7 Å². The lowest BCUT2D eigenvalue weighted by molar-refractivity contribution is -0.346. The molecule has 11 heteroatoms. The molecule has 1 N–H and O–H groups in total. The predicted octanol–water partition coefficient (Wildman–Crippen LogP) is 6.52. The Balaban J connectivity index is 1.11. The molecule has 1 amide bonds. The maximum atomic E-state index is 14.5. The first-order valence-electron chi connectivity index (χ1n) is 13.8. The molecule has 2 atom stereocenters. The number of carbonyl (C=O) groups excluding carboxylic acids is 2. The summed E-state index contributed by atoms with van der Waals surface area (Å²) < 4.78 is 66.1. The second-order valence-corrected chi connectivity index (χ2v) is 11.6. The summed E-state index contributed by atoms with van der Waals surface area (Å²) in [6, 6.07) is 14.2. The molecule has 4 fully saturated rings. The number of nitrogens with one attached hydrogen (secondary N) is 1. The maximum absolute atomic E-state index is 14.5. The van der Waals surface area contributed by atoms with Gasteiger partial charge in [-0.2, -0.15) is 13.2 Å². The minimum Gasteiger partial charge on any atom is -0.473 e. The van der Waals surface area contributed by atoms with Crippen LogP contribution in [0.25, 0.3) is 0 Å². The minimum absolute atomic E-state index is 0.0308. The summed E-state index contributed by atoms with van der Waals surface area (Å²) in [7, 11) is 0. The van der Waals surface area contributed by atoms with Gasteiger partial charge in [-0.25, -0.2) is 14.4 Å². The molecule has 3 aliphatic carbocycles. The molecular formula is C31H29F4N3O4. The third-order valence-electron chi connectivity index (χ3n) is 8.77. The molecule has 7 rings (SSSR count). The number of anilines is 1. The predicted molar refractivity (Wildman–Crippen MR) is 143 cm³/mol. The van der Waals surface area contributed by atoms with E-state index in [1.807, 2.05) is 36.4 Å². The Kier molecular flexibility index (Phi) is 7.03. The largest absolute Gasteiger partial charge is 0.473 e. The van der Waals surface area contributed by atoms with E-state index in [9.17, 15) is 27.2 Å². The molecule has 1 saturated heterocycles. The number of pyridine rings is 2. The number of ketones is 1. The van der Waals surface area contributed by atoms with Gasteiger partial charge >= 0.3 is 6.18 Å². The summed E-state index contributed by atoms with van der Waals surface area (Å²) in [5.41, 5.74) is -1.46. The van der Waals surface area contributed by atoms with Crippen LogP contribution in [0.15, 0.2) is 54.7 Å². The lowest BCUT2D eigenvalue weighted by atomic mass is 9.33. The van der Waals surface area contributed by atoms with Crippen molar-refractivity contribution in [1.82, 2.24) is 9.97 Å². The van der Waals surface area contributed by atoms with Crippen molar-refractivity contribution in [3.05, 3.63) is 82.9 Å². The number of hydrogen-bond acceptors (Lipinski definition) is 6. The summed E-state index contributed by atoms with van der Waals surface area (Å²) in [6.07, 6.45) is -3.37. The molecule has 2 aromatic heterocycles. The van der Waals surface area contributed by atoms with E-state index in [-0.39, 0.29) is 36.3 Å². The van der Waals surface area contributed by atoms with Gasteiger partial charge < -0.3 is 14.8 Å². The highest BCUT2D eigenvalue weighted by Gasteiger charge is 2.80. The third kappa shape index (κ3) is 5.04. The normalized spacial score (nSPS) is 26.5. The number of halogens is 4. The number of Topliss-reactive ketones (excluding diaryl/α,β-unsaturated/α-hetero) is 1. The zero-order chi connectivity index (χ0) is 29.7. The number of aryl methyl sites for hydroxylation is 1. The van der Waals surface area contributed by atoms with E-state index < -0.39 is 46.5 Å². The highest BCUT2D eigenvalue weighted by molar-refractivity contribution is 6.08. The monoisotopic (exact) mass is 583 g/mol. The Labute approximate surface area is 239 Å². The van der Waals surface area contributed by atoms with Gasteiger partial charge in [0.15, 0.2) is 5.78 Å². The second-order valence-electron chi connectivity index (χ2n) is 11.6.